The molecule has 0 unspecified atom stereocenters. The van der Waals surface area contributed by atoms with Crippen molar-refractivity contribution in [3.8, 4) is 0 Å². The van der Waals surface area contributed by atoms with Crippen molar-refractivity contribution in [2.45, 2.75) is 52.1 Å². The molecule has 2 amide bonds. The summed E-state index contributed by atoms with van der Waals surface area (Å²) in [6, 6.07) is 8.08. The third-order valence-electron chi connectivity index (χ3n) is 5.45. The van der Waals surface area contributed by atoms with E-state index in [0.29, 0.717) is 18.1 Å². The summed E-state index contributed by atoms with van der Waals surface area (Å²) in [5.41, 5.74) is 3.64. The van der Waals surface area contributed by atoms with Crippen LogP contribution in [0.25, 0.3) is 0 Å². The van der Waals surface area contributed by atoms with Gasteiger partial charge in [-0.25, -0.2) is 4.98 Å². The Labute approximate surface area is 159 Å². The summed E-state index contributed by atoms with van der Waals surface area (Å²) in [4.78, 5) is 32.1. The molecule has 6 nitrogen and oxygen atoms in total. The Morgan fingerprint density at radius 2 is 1.89 bits per heavy atom. The van der Waals surface area contributed by atoms with Crippen LogP contribution in [0.3, 0.4) is 0 Å². The number of aromatic nitrogens is 2. The number of fused-ring (bicyclic) bond motifs is 1. The van der Waals surface area contributed by atoms with Crippen molar-refractivity contribution >= 4 is 11.8 Å². The Bertz CT molecular complexity index is 865. The zero-order chi connectivity index (χ0) is 18.8. The molecule has 27 heavy (non-hydrogen) atoms. The lowest BCUT2D eigenvalue weighted by atomic mass is 10.1. The fraction of sp³-hybridized carbons (Fsp3) is 0.476. The molecule has 0 bridgehead atoms. The van der Waals surface area contributed by atoms with Crippen molar-refractivity contribution in [1.29, 1.82) is 0 Å². The van der Waals surface area contributed by atoms with E-state index in [-0.39, 0.29) is 11.8 Å². The molecule has 3 heterocycles. The second kappa shape index (κ2) is 7.55. The lowest BCUT2D eigenvalue weighted by Crippen LogP contribution is -2.29. The van der Waals surface area contributed by atoms with E-state index in [1.54, 1.807) is 0 Å². The maximum atomic E-state index is 12.9. The Balaban J connectivity index is 1.56. The first-order chi connectivity index (χ1) is 13.1. The molecule has 0 saturated carbocycles. The predicted octanol–water partition coefficient (Wildman–Crippen LogP) is 2.69. The average molecular weight is 366 g/mol. The summed E-state index contributed by atoms with van der Waals surface area (Å²) in [6.45, 7) is 4.83. The molecule has 0 spiro atoms. The molecule has 1 aromatic carbocycles. The number of benzene rings is 1. The van der Waals surface area contributed by atoms with E-state index < -0.39 is 0 Å². The fourth-order valence-corrected chi connectivity index (χ4v) is 4.04. The zero-order valence-electron chi connectivity index (χ0n) is 15.8. The Hall–Kier alpha value is -2.63. The molecule has 2 aliphatic rings. The van der Waals surface area contributed by atoms with Crippen LogP contribution in [0.15, 0.2) is 24.3 Å². The third kappa shape index (κ3) is 3.61. The number of amides is 2. The normalized spacial score (nSPS) is 16.3. The first kappa shape index (κ1) is 17.8. The Morgan fingerprint density at radius 3 is 2.67 bits per heavy atom. The molecule has 142 valence electrons. The van der Waals surface area contributed by atoms with Gasteiger partial charge in [0.1, 0.15) is 5.69 Å². The summed E-state index contributed by atoms with van der Waals surface area (Å²) in [7, 11) is 0. The predicted molar refractivity (Wildman–Crippen MR) is 103 cm³/mol. The van der Waals surface area contributed by atoms with Gasteiger partial charge in [0.15, 0.2) is 5.82 Å². The maximum Gasteiger partial charge on any atom is 0.287 e. The number of carbonyl (C=O) groups excluding carboxylic acids is 2. The van der Waals surface area contributed by atoms with Gasteiger partial charge in [-0.15, -0.1) is 0 Å². The summed E-state index contributed by atoms with van der Waals surface area (Å²) in [6.07, 6.45) is 4.96. The van der Waals surface area contributed by atoms with E-state index in [1.807, 2.05) is 34.6 Å². The molecular weight excluding hydrogens is 340 g/mol. The molecule has 6 heteroatoms. The summed E-state index contributed by atoms with van der Waals surface area (Å²) in [5.74, 6) is 0.149. The van der Waals surface area contributed by atoms with Gasteiger partial charge in [0.2, 0.25) is 0 Å². The molecule has 2 aliphatic heterocycles. The second-order valence-corrected chi connectivity index (χ2v) is 7.51. The van der Waals surface area contributed by atoms with Crippen molar-refractivity contribution in [1.82, 2.24) is 19.8 Å². The molecule has 2 aromatic rings. The SMILES string of the molecule is Cc1cccc(CNC(=O)c2nc(C(=O)N3CCCC3)c3n2CCCC3)c1. The van der Waals surface area contributed by atoms with Gasteiger partial charge >= 0.3 is 0 Å². The number of hydrogen-bond acceptors (Lipinski definition) is 3. The highest BCUT2D eigenvalue weighted by molar-refractivity contribution is 5.97. The van der Waals surface area contributed by atoms with Gasteiger partial charge in [0, 0.05) is 26.2 Å². The molecular formula is C21H26N4O2. The quantitative estimate of drug-likeness (QED) is 0.905. The standard InChI is InChI=1S/C21H26N4O2/c1-15-7-6-8-16(13-15)14-22-20(26)19-23-18(17-9-2-3-12-25(17)19)21(27)24-10-4-5-11-24/h6-8,13H,2-5,9-12,14H2,1H3,(H,22,26). The van der Waals surface area contributed by atoms with E-state index >= 15 is 0 Å². The number of carbonyl (C=O) groups is 2. The highest BCUT2D eigenvalue weighted by Gasteiger charge is 2.30. The molecule has 0 atom stereocenters. The van der Waals surface area contributed by atoms with Crippen molar-refractivity contribution in [2.24, 2.45) is 0 Å². The van der Waals surface area contributed by atoms with E-state index in [4.69, 9.17) is 0 Å². The van der Waals surface area contributed by atoms with E-state index in [9.17, 15) is 9.59 Å². The van der Waals surface area contributed by atoms with Crippen LogP contribution in [0.2, 0.25) is 0 Å². The minimum absolute atomic E-state index is 0.0177. The topological polar surface area (TPSA) is 67.2 Å². The lowest BCUT2D eigenvalue weighted by molar-refractivity contribution is 0.0786. The number of imidazole rings is 1. The van der Waals surface area contributed by atoms with Crippen LogP contribution in [0.1, 0.15) is 63.6 Å². The van der Waals surface area contributed by atoms with Crippen molar-refractivity contribution < 1.29 is 9.59 Å². The maximum absolute atomic E-state index is 12.9. The van der Waals surface area contributed by atoms with Crippen molar-refractivity contribution in [3.05, 3.63) is 52.6 Å². The highest BCUT2D eigenvalue weighted by atomic mass is 16.2. The Morgan fingerprint density at radius 1 is 1.11 bits per heavy atom. The Kier molecular flexibility index (Phi) is 4.97. The van der Waals surface area contributed by atoms with Gasteiger partial charge in [0.25, 0.3) is 11.8 Å². The van der Waals surface area contributed by atoms with Crippen LogP contribution in [0.5, 0.6) is 0 Å². The van der Waals surface area contributed by atoms with Crippen LogP contribution in [0, 0.1) is 6.92 Å². The van der Waals surface area contributed by atoms with Gasteiger partial charge in [-0.3, -0.25) is 9.59 Å². The minimum atomic E-state index is -0.208. The third-order valence-corrected chi connectivity index (χ3v) is 5.45. The number of likely N-dealkylation sites (tertiary alicyclic amines) is 1. The van der Waals surface area contributed by atoms with Gasteiger partial charge in [-0.05, 0) is 44.6 Å². The monoisotopic (exact) mass is 366 g/mol. The molecule has 1 saturated heterocycles. The van der Waals surface area contributed by atoms with Crippen molar-refractivity contribution in [3.63, 3.8) is 0 Å². The van der Waals surface area contributed by atoms with Crippen molar-refractivity contribution in [2.75, 3.05) is 13.1 Å². The van der Waals surface area contributed by atoms with E-state index in [2.05, 4.69) is 16.4 Å². The van der Waals surface area contributed by atoms with Gasteiger partial charge < -0.3 is 14.8 Å². The van der Waals surface area contributed by atoms with Crippen LogP contribution >= 0.6 is 0 Å². The van der Waals surface area contributed by atoms with Crippen LogP contribution < -0.4 is 5.32 Å². The van der Waals surface area contributed by atoms with E-state index in [1.165, 1.54) is 5.56 Å². The largest absolute Gasteiger partial charge is 0.345 e. The molecule has 1 fully saturated rings. The number of nitrogens with one attached hydrogen (secondary N) is 1. The van der Waals surface area contributed by atoms with Crippen LogP contribution in [0.4, 0.5) is 0 Å². The molecule has 4 rings (SSSR count). The van der Waals surface area contributed by atoms with Gasteiger partial charge in [-0.1, -0.05) is 29.8 Å². The molecule has 0 aliphatic carbocycles. The summed E-state index contributed by atoms with van der Waals surface area (Å²) in [5, 5.41) is 2.97. The van der Waals surface area contributed by atoms with Crippen LogP contribution in [-0.2, 0) is 19.5 Å². The number of aryl methyl sites for hydroxylation is 1. The van der Waals surface area contributed by atoms with E-state index in [0.717, 1.165) is 63.0 Å². The van der Waals surface area contributed by atoms with Gasteiger partial charge in [0.05, 0.1) is 5.69 Å². The minimum Gasteiger partial charge on any atom is -0.345 e. The molecule has 1 aromatic heterocycles. The second-order valence-electron chi connectivity index (χ2n) is 7.51. The fourth-order valence-electron chi connectivity index (χ4n) is 4.04. The lowest BCUT2D eigenvalue weighted by Gasteiger charge is -2.18. The van der Waals surface area contributed by atoms with Gasteiger partial charge in [-0.2, -0.15) is 0 Å². The number of nitrogens with zero attached hydrogens (tertiary/aromatic N) is 3. The average Bonchev–Trinajstić information content (AvgIpc) is 3.34. The first-order valence-electron chi connectivity index (χ1n) is 9.86. The summed E-state index contributed by atoms with van der Waals surface area (Å²) >= 11 is 0. The number of hydrogen-bond donors (Lipinski definition) is 1. The number of rotatable bonds is 4. The van der Waals surface area contributed by atoms with Crippen LogP contribution in [-0.4, -0.2) is 39.4 Å². The smallest absolute Gasteiger partial charge is 0.287 e. The highest BCUT2D eigenvalue weighted by Crippen LogP contribution is 2.23. The summed E-state index contributed by atoms with van der Waals surface area (Å²) < 4.78 is 1.96. The molecule has 1 N–H and O–H groups in total. The molecule has 0 radical (unpaired) electrons. The zero-order valence-corrected chi connectivity index (χ0v) is 15.8. The first-order valence-corrected chi connectivity index (χ1v) is 9.86.